The van der Waals surface area contributed by atoms with E-state index in [0.717, 1.165) is 5.69 Å². The predicted molar refractivity (Wildman–Crippen MR) is 88.2 cm³/mol. The maximum absolute atomic E-state index is 12.4. The quantitative estimate of drug-likeness (QED) is 0.578. The summed E-state index contributed by atoms with van der Waals surface area (Å²) >= 11 is 0. The van der Waals surface area contributed by atoms with Crippen molar-refractivity contribution in [2.45, 2.75) is 12.8 Å². The van der Waals surface area contributed by atoms with Gasteiger partial charge in [0.2, 0.25) is 0 Å². The minimum atomic E-state index is -0.799. The molecule has 0 aliphatic rings. The minimum Gasteiger partial charge on any atom is -0.497 e. The molecule has 0 aliphatic heterocycles. The average molecular weight is 313 g/mol. The van der Waals surface area contributed by atoms with Gasteiger partial charge in [-0.15, -0.1) is 0 Å². The van der Waals surface area contributed by atoms with E-state index in [2.05, 4.69) is 5.32 Å². The average Bonchev–Trinajstić information content (AvgIpc) is 2.58. The fourth-order valence-electron chi connectivity index (χ4n) is 2.12. The highest BCUT2D eigenvalue weighted by molar-refractivity contribution is 6.09. The van der Waals surface area contributed by atoms with Gasteiger partial charge in [-0.1, -0.05) is 0 Å². The third-order valence-electron chi connectivity index (χ3n) is 3.40. The Bertz CT molecular complexity index is 662. The van der Waals surface area contributed by atoms with Crippen molar-refractivity contribution in [1.29, 1.82) is 0 Å². The Hall–Kier alpha value is -2.82. The van der Waals surface area contributed by atoms with E-state index in [4.69, 9.17) is 9.84 Å². The molecular formula is C18H19NO4. The lowest BCUT2D eigenvalue weighted by Crippen LogP contribution is -2.05. The molecule has 23 heavy (non-hydrogen) atoms. The lowest BCUT2D eigenvalue weighted by atomic mass is 10.0. The first-order chi connectivity index (χ1) is 11.1. The number of hydrogen-bond donors (Lipinski definition) is 2. The Morgan fingerprint density at radius 2 is 1.57 bits per heavy atom. The number of ether oxygens (including phenoxy) is 1. The van der Waals surface area contributed by atoms with E-state index < -0.39 is 5.97 Å². The Morgan fingerprint density at radius 3 is 2.09 bits per heavy atom. The largest absolute Gasteiger partial charge is 0.497 e. The van der Waals surface area contributed by atoms with Gasteiger partial charge < -0.3 is 15.2 Å². The van der Waals surface area contributed by atoms with Gasteiger partial charge in [-0.3, -0.25) is 9.59 Å². The molecule has 5 nitrogen and oxygen atoms in total. The molecule has 2 aromatic carbocycles. The van der Waals surface area contributed by atoms with E-state index in [0.29, 0.717) is 29.8 Å². The molecule has 0 aliphatic carbocycles. The molecule has 120 valence electrons. The zero-order chi connectivity index (χ0) is 16.7. The smallest absolute Gasteiger partial charge is 0.303 e. The second kappa shape index (κ2) is 7.98. The van der Waals surface area contributed by atoms with Gasteiger partial charge in [0.05, 0.1) is 7.11 Å². The first kappa shape index (κ1) is 16.5. The molecule has 2 N–H and O–H groups in total. The molecule has 0 aromatic heterocycles. The summed E-state index contributed by atoms with van der Waals surface area (Å²) in [5.74, 6) is -0.139. The zero-order valence-corrected chi connectivity index (χ0v) is 12.9. The Labute approximate surface area is 134 Å². The van der Waals surface area contributed by atoms with Crippen LogP contribution in [-0.4, -0.2) is 30.5 Å². The second-order valence-electron chi connectivity index (χ2n) is 5.06. The summed E-state index contributed by atoms with van der Waals surface area (Å²) in [4.78, 5) is 22.8. The number of carbonyl (C=O) groups is 2. The van der Waals surface area contributed by atoms with Gasteiger partial charge in [0.25, 0.3) is 0 Å². The van der Waals surface area contributed by atoms with Crippen LogP contribution in [0.2, 0.25) is 0 Å². The van der Waals surface area contributed by atoms with Gasteiger partial charge in [0.15, 0.2) is 5.78 Å². The van der Waals surface area contributed by atoms with Gasteiger partial charge in [-0.05, 0) is 55.0 Å². The minimum absolute atomic E-state index is 0.0509. The number of methoxy groups -OCH3 is 1. The van der Waals surface area contributed by atoms with Crippen molar-refractivity contribution in [1.82, 2.24) is 0 Å². The SMILES string of the molecule is COc1ccc(C(=O)c2ccc(NCCCC(=O)O)cc2)cc1. The number of hydrogen-bond acceptors (Lipinski definition) is 4. The first-order valence-electron chi connectivity index (χ1n) is 7.34. The molecule has 5 heteroatoms. The topological polar surface area (TPSA) is 75.6 Å². The van der Waals surface area contributed by atoms with Crippen molar-refractivity contribution >= 4 is 17.4 Å². The fourth-order valence-corrected chi connectivity index (χ4v) is 2.12. The molecular weight excluding hydrogens is 294 g/mol. The summed E-state index contributed by atoms with van der Waals surface area (Å²) in [5, 5.41) is 11.7. The van der Waals surface area contributed by atoms with Crippen molar-refractivity contribution in [2.24, 2.45) is 0 Å². The number of benzene rings is 2. The van der Waals surface area contributed by atoms with Crippen molar-refractivity contribution in [3.05, 3.63) is 59.7 Å². The Morgan fingerprint density at radius 1 is 1.00 bits per heavy atom. The summed E-state index contributed by atoms with van der Waals surface area (Å²) in [6, 6.07) is 14.1. The van der Waals surface area contributed by atoms with Gasteiger partial charge in [-0.2, -0.15) is 0 Å². The summed E-state index contributed by atoms with van der Waals surface area (Å²) in [7, 11) is 1.58. The maximum atomic E-state index is 12.4. The number of nitrogens with one attached hydrogen (secondary N) is 1. The molecule has 0 bridgehead atoms. The molecule has 0 spiro atoms. The standard InChI is InChI=1S/C18H19NO4/c1-23-16-10-6-14(7-11-16)18(22)13-4-8-15(9-5-13)19-12-2-3-17(20)21/h4-11,19H,2-3,12H2,1H3,(H,20,21). The van der Waals surface area contributed by atoms with Gasteiger partial charge in [0.1, 0.15) is 5.75 Å². The highest BCUT2D eigenvalue weighted by Gasteiger charge is 2.09. The van der Waals surface area contributed by atoms with E-state index in [1.165, 1.54) is 0 Å². The van der Waals surface area contributed by atoms with Crippen molar-refractivity contribution < 1.29 is 19.4 Å². The molecule has 0 amide bonds. The number of carboxylic acids is 1. The van der Waals surface area contributed by atoms with Crippen LogP contribution in [0.25, 0.3) is 0 Å². The van der Waals surface area contributed by atoms with Crippen LogP contribution in [0.5, 0.6) is 5.75 Å². The number of aliphatic carboxylic acids is 1. The molecule has 0 atom stereocenters. The normalized spacial score (nSPS) is 10.1. The van der Waals surface area contributed by atoms with Gasteiger partial charge in [0, 0.05) is 29.8 Å². The number of carbonyl (C=O) groups excluding carboxylic acids is 1. The van der Waals surface area contributed by atoms with Crippen LogP contribution < -0.4 is 10.1 Å². The lowest BCUT2D eigenvalue weighted by Gasteiger charge is -2.07. The molecule has 0 saturated carbocycles. The predicted octanol–water partition coefficient (Wildman–Crippen LogP) is 3.20. The number of rotatable bonds is 8. The van der Waals surface area contributed by atoms with Crippen LogP contribution in [0, 0.1) is 0 Å². The van der Waals surface area contributed by atoms with Gasteiger partial charge in [-0.25, -0.2) is 0 Å². The number of carboxylic acid groups (broad SMARTS) is 1. The monoisotopic (exact) mass is 313 g/mol. The summed E-state index contributed by atoms with van der Waals surface area (Å²) in [5.41, 5.74) is 2.07. The molecule has 0 fully saturated rings. The first-order valence-corrected chi connectivity index (χ1v) is 7.34. The Kier molecular flexibility index (Phi) is 5.74. The van der Waals surface area contributed by atoms with Crippen LogP contribution in [0.1, 0.15) is 28.8 Å². The fraction of sp³-hybridized carbons (Fsp3) is 0.222. The number of ketones is 1. The second-order valence-corrected chi connectivity index (χ2v) is 5.06. The third kappa shape index (κ3) is 4.85. The highest BCUT2D eigenvalue weighted by atomic mass is 16.5. The van der Waals surface area contributed by atoms with E-state index in [9.17, 15) is 9.59 Å². The van der Waals surface area contributed by atoms with Crippen molar-refractivity contribution in [3.8, 4) is 5.75 Å². The zero-order valence-electron chi connectivity index (χ0n) is 12.9. The number of anilines is 1. The molecule has 2 rings (SSSR count). The molecule has 0 unspecified atom stereocenters. The summed E-state index contributed by atoms with van der Waals surface area (Å²) < 4.78 is 5.08. The van der Waals surface area contributed by atoms with Crippen LogP contribution in [0.3, 0.4) is 0 Å². The summed E-state index contributed by atoms with van der Waals surface area (Å²) in [6.45, 7) is 0.581. The van der Waals surface area contributed by atoms with Crippen LogP contribution >= 0.6 is 0 Å². The molecule has 0 heterocycles. The van der Waals surface area contributed by atoms with E-state index in [1.807, 2.05) is 12.1 Å². The maximum Gasteiger partial charge on any atom is 0.303 e. The van der Waals surface area contributed by atoms with Crippen molar-refractivity contribution in [3.63, 3.8) is 0 Å². The molecule has 0 radical (unpaired) electrons. The van der Waals surface area contributed by atoms with Gasteiger partial charge >= 0.3 is 5.97 Å². The highest BCUT2D eigenvalue weighted by Crippen LogP contribution is 2.17. The van der Waals surface area contributed by atoms with E-state index in [-0.39, 0.29) is 12.2 Å². The van der Waals surface area contributed by atoms with Crippen molar-refractivity contribution in [2.75, 3.05) is 19.0 Å². The molecule has 2 aromatic rings. The third-order valence-corrected chi connectivity index (χ3v) is 3.40. The van der Waals surface area contributed by atoms with Crippen LogP contribution in [-0.2, 0) is 4.79 Å². The lowest BCUT2D eigenvalue weighted by molar-refractivity contribution is -0.137. The van der Waals surface area contributed by atoms with Crippen LogP contribution in [0.4, 0.5) is 5.69 Å². The van der Waals surface area contributed by atoms with Crippen LogP contribution in [0.15, 0.2) is 48.5 Å². The molecule has 0 saturated heterocycles. The van der Waals surface area contributed by atoms with E-state index in [1.54, 1.807) is 43.5 Å². The van der Waals surface area contributed by atoms with E-state index >= 15 is 0 Å². The Balaban J connectivity index is 1.95. The summed E-state index contributed by atoms with van der Waals surface area (Å²) in [6.07, 6.45) is 0.697.